The minimum absolute atomic E-state index is 0.873. The van der Waals surface area contributed by atoms with E-state index in [-0.39, 0.29) is 0 Å². The molecule has 3 aromatic rings. The Labute approximate surface area is 128 Å². The molecule has 0 radical (unpaired) electrons. The average molecular weight is 295 g/mol. The summed E-state index contributed by atoms with van der Waals surface area (Å²) in [4.78, 5) is 13.9. The Morgan fingerprint density at radius 1 is 1.14 bits per heavy atom. The van der Waals surface area contributed by atoms with Gasteiger partial charge in [0.1, 0.15) is 17.0 Å². The summed E-state index contributed by atoms with van der Waals surface area (Å²) in [6, 6.07) is 10.5. The fourth-order valence-corrected chi connectivity index (χ4v) is 4.36. The molecule has 0 saturated carbocycles. The molecule has 4 rings (SSSR count). The molecule has 4 heteroatoms. The number of nitrogens with zero attached hydrogens (tertiary/aromatic N) is 3. The van der Waals surface area contributed by atoms with Crippen LogP contribution in [0.3, 0.4) is 0 Å². The Kier molecular flexibility index (Phi) is 3.11. The first-order valence-corrected chi connectivity index (χ1v) is 8.15. The Bertz CT molecular complexity index is 779. The fourth-order valence-electron chi connectivity index (χ4n) is 3.13. The van der Waals surface area contributed by atoms with Crippen molar-refractivity contribution >= 4 is 27.4 Å². The van der Waals surface area contributed by atoms with Gasteiger partial charge in [0.25, 0.3) is 0 Å². The zero-order valence-corrected chi connectivity index (χ0v) is 12.9. The smallest absolute Gasteiger partial charge is 0.141 e. The SMILES string of the molecule is CN(Cc1ccccc1)c1ncnc2sc3c(c12)CCC3. The minimum Gasteiger partial charge on any atom is -0.355 e. The number of hydrogen-bond donors (Lipinski definition) is 0. The van der Waals surface area contributed by atoms with Crippen LogP contribution in [0.15, 0.2) is 36.7 Å². The quantitative estimate of drug-likeness (QED) is 0.735. The zero-order chi connectivity index (χ0) is 14.2. The van der Waals surface area contributed by atoms with E-state index in [4.69, 9.17) is 0 Å². The van der Waals surface area contributed by atoms with Gasteiger partial charge in [-0.15, -0.1) is 11.3 Å². The van der Waals surface area contributed by atoms with Crippen LogP contribution in [0.5, 0.6) is 0 Å². The van der Waals surface area contributed by atoms with Crippen LogP contribution in [0.4, 0.5) is 5.82 Å². The Morgan fingerprint density at radius 3 is 2.86 bits per heavy atom. The highest BCUT2D eigenvalue weighted by atomic mass is 32.1. The second-order valence-corrected chi connectivity index (χ2v) is 6.66. The van der Waals surface area contributed by atoms with Gasteiger partial charge in [-0.25, -0.2) is 9.97 Å². The third-order valence-electron chi connectivity index (χ3n) is 4.11. The van der Waals surface area contributed by atoms with Gasteiger partial charge < -0.3 is 4.90 Å². The molecule has 0 spiro atoms. The number of aromatic nitrogens is 2. The van der Waals surface area contributed by atoms with E-state index < -0.39 is 0 Å². The fraction of sp³-hybridized carbons (Fsp3) is 0.294. The predicted octanol–water partition coefficient (Wildman–Crippen LogP) is 3.82. The van der Waals surface area contributed by atoms with Crippen molar-refractivity contribution in [1.29, 1.82) is 0 Å². The molecule has 0 N–H and O–H groups in total. The number of aryl methyl sites for hydroxylation is 2. The largest absolute Gasteiger partial charge is 0.355 e. The van der Waals surface area contributed by atoms with Crippen LogP contribution in [-0.4, -0.2) is 17.0 Å². The van der Waals surface area contributed by atoms with E-state index >= 15 is 0 Å². The zero-order valence-electron chi connectivity index (χ0n) is 12.0. The van der Waals surface area contributed by atoms with Crippen LogP contribution in [0.1, 0.15) is 22.4 Å². The van der Waals surface area contributed by atoms with Crippen LogP contribution in [0.2, 0.25) is 0 Å². The second-order valence-electron chi connectivity index (χ2n) is 5.58. The number of thiophene rings is 1. The lowest BCUT2D eigenvalue weighted by molar-refractivity contribution is 0.895. The number of hydrogen-bond acceptors (Lipinski definition) is 4. The van der Waals surface area contributed by atoms with Crippen molar-refractivity contribution in [3.05, 3.63) is 52.7 Å². The normalized spacial score (nSPS) is 13.6. The van der Waals surface area contributed by atoms with Gasteiger partial charge in [-0.05, 0) is 30.4 Å². The summed E-state index contributed by atoms with van der Waals surface area (Å²) in [6.45, 7) is 0.873. The van der Waals surface area contributed by atoms with Gasteiger partial charge in [-0.3, -0.25) is 0 Å². The van der Waals surface area contributed by atoms with E-state index in [9.17, 15) is 0 Å². The monoisotopic (exact) mass is 295 g/mol. The molecule has 0 amide bonds. The molecule has 0 bridgehead atoms. The lowest BCUT2D eigenvalue weighted by Gasteiger charge is -2.19. The number of fused-ring (bicyclic) bond motifs is 3. The van der Waals surface area contributed by atoms with Gasteiger partial charge in [0.15, 0.2) is 0 Å². The van der Waals surface area contributed by atoms with Gasteiger partial charge in [-0.2, -0.15) is 0 Å². The first-order chi connectivity index (χ1) is 10.3. The molecule has 0 fully saturated rings. The summed E-state index contributed by atoms with van der Waals surface area (Å²) in [7, 11) is 2.12. The van der Waals surface area contributed by atoms with Crippen LogP contribution in [0.25, 0.3) is 10.2 Å². The molecule has 0 saturated heterocycles. The lowest BCUT2D eigenvalue weighted by Crippen LogP contribution is -2.18. The number of rotatable bonds is 3. The Hall–Kier alpha value is -1.94. The number of benzene rings is 1. The van der Waals surface area contributed by atoms with E-state index in [0.29, 0.717) is 0 Å². The molecule has 1 aliphatic rings. The third-order valence-corrected chi connectivity index (χ3v) is 5.31. The van der Waals surface area contributed by atoms with E-state index in [1.807, 2.05) is 11.3 Å². The van der Waals surface area contributed by atoms with Gasteiger partial charge in [0.2, 0.25) is 0 Å². The molecule has 1 aromatic carbocycles. The molecule has 0 aliphatic heterocycles. The van der Waals surface area contributed by atoms with Crippen LogP contribution < -0.4 is 4.90 Å². The van der Waals surface area contributed by atoms with E-state index in [1.54, 1.807) is 6.33 Å². The summed E-state index contributed by atoms with van der Waals surface area (Å²) < 4.78 is 0. The van der Waals surface area contributed by atoms with Crippen molar-refractivity contribution in [3.8, 4) is 0 Å². The third kappa shape index (κ3) is 2.20. The minimum atomic E-state index is 0.873. The predicted molar refractivity (Wildman–Crippen MR) is 88.0 cm³/mol. The van der Waals surface area contributed by atoms with Crippen LogP contribution in [0, 0.1) is 0 Å². The molecule has 2 heterocycles. The summed E-state index contributed by atoms with van der Waals surface area (Å²) in [5, 5.41) is 1.29. The maximum atomic E-state index is 4.57. The summed E-state index contributed by atoms with van der Waals surface area (Å²) in [5.41, 5.74) is 2.80. The molecule has 21 heavy (non-hydrogen) atoms. The average Bonchev–Trinajstić information content (AvgIpc) is 3.08. The standard InChI is InChI=1S/C17H17N3S/c1-20(10-12-6-3-2-4-7-12)16-15-13-8-5-9-14(13)21-17(15)19-11-18-16/h2-4,6-7,11H,5,8-10H2,1H3. The Morgan fingerprint density at radius 2 is 2.00 bits per heavy atom. The van der Waals surface area contributed by atoms with Crippen LogP contribution in [-0.2, 0) is 19.4 Å². The summed E-state index contributed by atoms with van der Waals surface area (Å²) in [6.07, 6.45) is 5.35. The molecule has 2 aromatic heterocycles. The first-order valence-electron chi connectivity index (χ1n) is 7.33. The molecule has 1 aliphatic carbocycles. The summed E-state index contributed by atoms with van der Waals surface area (Å²) >= 11 is 1.85. The van der Waals surface area contributed by atoms with Crippen molar-refractivity contribution in [2.45, 2.75) is 25.8 Å². The highest BCUT2D eigenvalue weighted by molar-refractivity contribution is 7.19. The highest BCUT2D eigenvalue weighted by Crippen LogP contribution is 2.40. The molecular weight excluding hydrogens is 278 g/mol. The van der Waals surface area contributed by atoms with E-state index in [1.165, 1.54) is 40.7 Å². The van der Waals surface area contributed by atoms with E-state index in [2.05, 4.69) is 52.2 Å². The maximum Gasteiger partial charge on any atom is 0.141 e. The first kappa shape index (κ1) is 12.8. The molecule has 106 valence electrons. The topological polar surface area (TPSA) is 29.0 Å². The van der Waals surface area contributed by atoms with Crippen molar-refractivity contribution in [2.24, 2.45) is 0 Å². The van der Waals surface area contributed by atoms with Crippen molar-refractivity contribution < 1.29 is 0 Å². The Balaban J connectivity index is 1.76. The lowest BCUT2D eigenvalue weighted by atomic mass is 10.1. The van der Waals surface area contributed by atoms with Crippen LogP contribution >= 0.6 is 11.3 Å². The summed E-state index contributed by atoms with van der Waals surface area (Å²) in [5.74, 6) is 1.07. The molecule has 3 nitrogen and oxygen atoms in total. The van der Waals surface area contributed by atoms with Gasteiger partial charge in [-0.1, -0.05) is 30.3 Å². The molecule has 0 unspecified atom stereocenters. The highest BCUT2D eigenvalue weighted by Gasteiger charge is 2.22. The van der Waals surface area contributed by atoms with Gasteiger partial charge in [0.05, 0.1) is 5.39 Å². The van der Waals surface area contributed by atoms with Gasteiger partial charge in [0, 0.05) is 18.5 Å². The second kappa shape index (κ2) is 5.11. The molecular formula is C17H17N3S. The van der Waals surface area contributed by atoms with Crippen molar-refractivity contribution in [1.82, 2.24) is 9.97 Å². The maximum absolute atomic E-state index is 4.57. The number of anilines is 1. The van der Waals surface area contributed by atoms with E-state index in [0.717, 1.165) is 17.2 Å². The van der Waals surface area contributed by atoms with Crippen molar-refractivity contribution in [2.75, 3.05) is 11.9 Å². The van der Waals surface area contributed by atoms with Gasteiger partial charge >= 0.3 is 0 Å². The van der Waals surface area contributed by atoms with Crippen molar-refractivity contribution in [3.63, 3.8) is 0 Å². The molecule has 0 atom stereocenters.